The average molecular weight is 427 g/mol. The number of guanidine groups is 1. The number of nitrogens with zero attached hydrogens (tertiary/aromatic N) is 2. The molecule has 1 saturated heterocycles. The van der Waals surface area contributed by atoms with Crippen LogP contribution in [0.3, 0.4) is 0 Å². The third-order valence-corrected chi connectivity index (χ3v) is 6.39. The highest BCUT2D eigenvalue weighted by Gasteiger charge is 2.58. The zero-order valence-electron chi connectivity index (χ0n) is 16.7. The lowest BCUT2D eigenvalue weighted by atomic mass is 9.74. The Bertz CT molecular complexity index is 1060. The van der Waals surface area contributed by atoms with E-state index in [0.717, 1.165) is 24.0 Å². The molecule has 2 atom stereocenters. The molecule has 0 saturated carbocycles. The van der Waals surface area contributed by atoms with Crippen molar-refractivity contribution in [1.29, 1.82) is 0 Å². The molecule has 1 fully saturated rings. The monoisotopic (exact) mass is 426 g/mol. The Morgan fingerprint density at radius 2 is 2.00 bits per heavy atom. The minimum absolute atomic E-state index is 0.155. The van der Waals surface area contributed by atoms with E-state index < -0.39 is 11.1 Å². The fourth-order valence-corrected chi connectivity index (χ4v) is 5.01. The summed E-state index contributed by atoms with van der Waals surface area (Å²) in [6, 6.07) is 11.1. The SMILES string of the molecule is CN1C(=O)C2(CC3(CCCOC3)Oc3ccc(-c4cc(N)cc(Cl)c4)cc32)N=C1N. The smallest absolute Gasteiger partial charge is 0.261 e. The molecule has 2 unspecified atom stereocenters. The zero-order valence-corrected chi connectivity index (χ0v) is 17.4. The number of benzene rings is 2. The van der Waals surface area contributed by atoms with Crippen molar-refractivity contribution in [3.8, 4) is 16.9 Å². The molecule has 0 bridgehead atoms. The van der Waals surface area contributed by atoms with Gasteiger partial charge in [-0.3, -0.25) is 9.69 Å². The van der Waals surface area contributed by atoms with E-state index in [0.29, 0.717) is 41.7 Å². The molecule has 0 aliphatic carbocycles. The topological polar surface area (TPSA) is 103 Å². The van der Waals surface area contributed by atoms with Gasteiger partial charge >= 0.3 is 0 Å². The molecule has 7 nitrogen and oxygen atoms in total. The van der Waals surface area contributed by atoms with Crippen LogP contribution in [-0.4, -0.2) is 42.6 Å². The van der Waals surface area contributed by atoms with Crippen molar-refractivity contribution in [3.63, 3.8) is 0 Å². The average Bonchev–Trinajstić information content (AvgIpc) is 2.91. The predicted molar refractivity (Wildman–Crippen MR) is 115 cm³/mol. The van der Waals surface area contributed by atoms with Gasteiger partial charge in [-0.1, -0.05) is 17.7 Å². The summed E-state index contributed by atoms with van der Waals surface area (Å²) in [5.74, 6) is 0.681. The number of anilines is 1. The van der Waals surface area contributed by atoms with Crippen LogP contribution < -0.4 is 16.2 Å². The maximum absolute atomic E-state index is 13.4. The van der Waals surface area contributed by atoms with Crippen molar-refractivity contribution in [2.75, 3.05) is 26.0 Å². The number of hydrogen-bond acceptors (Lipinski definition) is 6. The summed E-state index contributed by atoms with van der Waals surface area (Å²) in [5.41, 5.74) is 13.3. The van der Waals surface area contributed by atoms with Gasteiger partial charge in [-0.25, -0.2) is 4.99 Å². The van der Waals surface area contributed by atoms with Crippen LogP contribution in [0.5, 0.6) is 5.75 Å². The number of ether oxygens (including phenoxy) is 2. The van der Waals surface area contributed by atoms with Gasteiger partial charge < -0.3 is 20.9 Å². The maximum atomic E-state index is 13.4. The second-order valence-corrected chi connectivity index (χ2v) is 8.73. The summed E-state index contributed by atoms with van der Waals surface area (Å²) >= 11 is 6.21. The highest BCUT2D eigenvalue weighted by molar-refractivity contribution is 6.31. The van der Waals surface area contributed by atoms with Crippen molar-refractivity contribution < 1.29 is 14.3 Å². The van der Waals surface area contributed by atoms with E-state index in [2.05, 4.69) is 4.99 Å². The van der Waals surface area contributed by atoms with E-state index in [1.807, 2.05) is 30.3 Å². The van der Waals surface area contributed by atoms with Crippen LogP contribution >= 0.6 is 11.6 Å². The fraction of sp³-hybridized carbons (Fsp3) is 0.364. The summed E-state index contributed by atoms with van der Waals surface area (Å²) < 4.78 is 12.2. The van der Waals surface area contributed by atoms with Crippen molar-refractivity contribution in [1.82, 2.24) is 4.90 Å². The quantitative estimate of drug-likeness (QED) is 0.682. The van der Waals surface area contributed by atoms with Gasteiger partial charge in [0.15, 0.2) is 11.5 Å². The Labute approximate surface area is 179 Å². The first-order chi connectivity index (χ1) is 14.3. The number of aliphatic imine (C=N–C) groups is 1. The standard InChI is InChI=1S/C22H23ClN4O3/c1-27-19(28)22(26-20(27)25)11-21(5-2-6-29-12-21)30-18-4-3-13(9-17(18)22)14-7-15(23)10-16(24)8-14/h3-4,7-10H,2,5-6,11-12,24H2,1H3,(H2,25,26). The van der Waals surface area contributed by atoms with Gasteiger partial charge in [-0.2, -0.15) is 0 Å². The summed E-state index contributed by atoms with van der Waals surface area (Å²) in [7, 11) is 1.65. The third kappa shape index (κ3) is 2.84. The van der Waals surface area contributed by atoms with Crippen molar-refractivity contribution >= 4 is 29.2 Å². The molecular weight excluding hydrogens is 404 g/mol. The molecule has 8 heteroatoms. The molecule has 0 radical (unpaired) electrons. The van der Waals surface area contributed by atoms with Crippen LogP contribution in [0.2, 0.25) is 5.02 Å². The molecule has 156 valence electrons. The maximum Gasteiger partial charge on any atom is 0.261 e. The van der Waals surface area contributed by atoms with Gasteiger partial charge in [0.05, 0.1) is 6.61 Å². The number of fused-ring (bicyclic) bond motifs is 2. The first-order valence-electron chi connectivity index (χ1n) is 9.93. The molecule has 3 aliphatic heterocycles. The molecule has 2 spiro atoms. The summed E-state index contributed by atoms with van der Waals surface area (Å²) in [6.45, 7) is 1.12. The molecular formula is C22H23ClN4O3. The summed E-state index contributed by atoms with van der Waals surface area (Å²) in [4.78, 5) is 19.5. The highest BCUT2D eigenvalue weighted by atomic mass is 35.5. The molecule has 4 N–H and O–H groups in total. The first kappa shape index (κ1) is 19.2. The number of likely N-dealkylation sites (N-methyl/N-ethyl adjacent to an activating group) is 1. The van der Waals surface area contributed by atoms with Gasteiger partial charge in [0.1, 0.15) is 11.4 Å². The fourth-order valence-electron chi connectivity index (χ4n) is 4.77. The van der Waals surface area contributed by atoms with Crippen LogP contribution in [0.15, 0.2) is 41.4 Å². The number of carbonyl (C=O) groups excluding carboxylic acids is 1. The Morgan fingerprint density at radius 3 is 2.67 bits per heavy atom. The van der Waals surface area contributed by atoms with Gasteiger partial charge in [-0.15, -0.1) is 0 Å². The summed E-state index contributed by atoms with van der Waals surface area (Å²) in [5, 5.41) is 0.547. The zero-order chi connectivity index (χ0) is 21.1. The Balaban J connectivity index is 1.69. The van der Waals surface area contributed by atoms with Crippen molar-refractivity contribution in [2.45, 2.75) is 30.4 Å². The molecule has 2 aromatic rings. The third-order valence-electron chi connectivity index (χ3n) is 6.18. The van der Waals surface area contributed by atoms with E-state index in [4.69, 9.17) is 32.5 Å². The first-order valence-corrected chi connectivity index (χ1v) is 10.3. The molecule has 1 amide bonds. The van der Waals surface area contributed by atoms with Gasteiger partial charge in [0, 0.05) is 36.3 Å². The Hall–Kier alpha value is -2.77. The van der Waals surface area contributed by atoms with E-state index in [1.54, 1.807) is 13.1 Å². The largest absolute Gasteiger partial charge is 0.484 e. The number of rotatable bonds is 1. The Kier molecular flexibility index (Phi) is 4.24. The lowest BCUT2D eigenvalue weighted by Crippen LogP contribution is -2.55. The lowest BCUT2D eigenvalue weighted by molar-refractivity contribution is -0.139. The predicted octanol–water partition coefficient (Wildman–Crippen LogP) is 2.90. The van der Waals surface area contributed by atoms with Crippen LogP contribution in [0.1, 0.15) is 24.8 Å². The summed E-state index contributed by atoms with van der Waals surface area (Å²) in [6.07, 6.45) is 2.06. The highest BCUT2D eigenvalue weighted by Crippen LogP contribution is 2.51. The Morgan fingerprint density at radius 1 is 1.17 bits per heavy atom. The second kappa shape index (κ2) is 6.62. The number of carbonyl (C=O) groups is 1. The van der Waals surface area contributed by atoms with Gasteiger partial charge in [0.2, 0.25) is 0 Å². The molecule has 3 heterocycles. The van der Waals surface area contributed by atoms with E-state index in [-0.39, 0.29) is 11.9 Å². The molecule has 30 heavy (non-hydrogen) atoms. The normalized spacial score (nSPS) is 27.9. The van der Waals surface area contributed by atoms with E-state index in [1.165, 1.54) is 4.90 Å². The van der Waals surface area contributed by atoms with E-state index >= 15 is 0 Å². The van der Waals surface area contributed by atoms with Gasteiger partial charge in [0.25, 0.3) is 5.91 Å². The number of nitrogen functional groups attached to an aromatic ring is 1. The number of nitrogens with two attached hydrogens (primary N) is 2. The number of halogens is 1. The van der Waals surface area contributed by atoms with Crippen LogP contribution in [0, 0.1) is 0 Å². The number of hydrogen-bond donors (Lipinski definition) is 2. The van der Waals surface area contributed by atoms with Crippen LogP contribution in [0.4, 0.5) is 5.69 Å². The minimum Gasteiger partial charge on any atom is -0.484 e. The molecule has 0 aromatic heterocycles. The van der Waals surface area contributed by atoms with Crippen LogP contribution in [-0.2, 0) is 15.1 Å². The number of amides is 1. The van der Waals surface area contributed by atoms with E-state index in [9.17, 15) is 4.79 Å². The lowest BCUT2D eigenvalue weighted by Gasteiger charge is -2.46. The molecule has 2 aromatic carbocycles. The van der Waals surface area contributed by atoms with Crippen molar-refractivity contribution in [3.05, 3.63) is 47.0 Å². The van der Waals surface area contributed by atoms with Gasteiger partial charge in [-0.05, 0) is 54.3 Å². The van der Waals surface area contributed by atoms with Crippen molar-refractivity contribution in [2.24, 2.45) is 10.7 Å². The van der Waals surface area contributed by atoms with Crippen LogP contribution in [0.25, 0.3) is 11.1 Å². The minimum atomic E-state index is -1.13. The second-order valence-electron chi connectivity index (χ2n) is 8.30. The molecule has 3 aliphatic rings. The molecule has 5 rings (SSSR count).